The van der Waals surface area contributed by atoms with Gasteiger partial charge in [0.05, 0.1) is 6.54 Å². The van der Waals surface area contributed by atoms with Crippen LogP contribution in [-0.4, -0.2) is 12.5 Å². The molecular formula is C17H20N2OS. The van der Waals surface area contributed by atoms with Crippen molar-refractivity contribution in [1.29, 1.82) is 0 Å². The fourth-order valence-electron chi connectivity index (χ4n) is 2.85. The van der Waals surface area contributed by atoms with Crippen molar-refractivity contribution in [2.45, 2.75) is 32.4 Å². The second-order valence-corrected chi connectivity index (χ2v) is 6.28. The van der Waals surface area contributed by atoms with Crippen LogP contribution in [0.3, 0.4) is 0 Å². The van der Waals surface area contributed by atoms with Crippen LogP contribution in [0, 0.1) is 0 Å². The van der Waals surface area contributed by atoms with Crippen molar-refractivity contribution in [2.24, 2.45) is 0 Å². The third-order valence-corrected chi connectivity index (χ3v) is 4.98. The first-order valence-electron chi connectivity index (χ1n) is 7.43. The third kappa shape index (κ3) is 3.01. The number of rotatable bonds is 4. The van der Waals surface area contributed by atoms with Gasteiger partial charge in [0, 0.05) is 11.4 Å². The molecule has 0 aliphatic carbocycles. The summed E-state index contributed by atoms with van der Waals surface area (Å²) in [6.07, 6.45) is 2.00. The van der Waals surface area contributed by atoms with Gasteiger partial charge < -0.3 is 10.6 Å². The predicted octanol–water partition coefficient (Wildman–Crippen LogP) is 2.81. The molecule has 2 aromatic rings. The maximum absolute atomic E-state index is 12.5. The first kappa shape index (κ1) is 14.3. The number of nitrogens with one attached hydrogen (secondary N) is 2. The van der Waals surface area contributed by atoms with Crippen LogP contribution in [0.5, 0.6) is 0 Å². The summed E-state index contributed by atoms with van der Waals surface area (Å²) in [5.74, 6) is 0.0672. The van der Waals surface area contributed by atoms with Gasteiger partial charge in [0.15, 0.2) is 0 Å². The van der Waals surface area contributed by atoms with E-state index in [2.05, 4.69) is 35.1 Å². The largest absolute Gasteiger partial charge is 0.350 e. The molecule has 1 atom stereocenters. The van der Waals surface area contributed by atoms with E-state index in [-0.39, 0.29) is 11.9 Å². The molecule has 1 amide bonds. The summed E-state index contributed by atoms with van der Waals surface area (Å²) < 4.78 is 0. The van der Waals surface area contributed by atoms with Gasteiger partial charge >= 0.3 is 0 Å². The average Bonchev–Trinajstić information content (AvgIpc) is 2.99. The van der Waals surface area contributed by atoms with Crippen LogP contribution in [0.4, 0.5) is 0 Å². The maximum Gasteiger partial charge on any atom is 0.242 e. The van der Waals surface area contributed by atoms with Crippen molar-refractivity contribution in [1.82, 2.24) is 10.6 Å². The van der Waals surface area contributed by atoms with Gasteiger partial charge in [-0.15, -0.1) is 11.3 Å². The Morgan fingerprint density at radius 3 is 3.10 bits per heavy atom. The van der Waals surface area contributed by atoms with Crippen molar-refractivity contribution in [3.63, 3.8) is 0 Å². The van der Waals surface area contributed by atoms with Crippen LogP contribution >= 0.6 is 11.3 Å². The van der Waals surface area contributed by atoms with Gasteiger partial charge in [-0.05, 0) is 41.0 Å². The molecule has 2 N–H and O–H groups in total. The number of hydrogen-bond donors (Lipinski definition) is 2. The van der Waals surface area contributed by atoms with Gasteiger partial charge in [0.1, 0.15) is 6.04 Å². The summed E-state index contributed by atoms with van der Waals surface area (Å²) in [4.78, 5) is 13.7. The molecule has 0 saturated carbocycles. The number of amides is 1. The lowest BCUT2D eigenvalue weighted by Gasteiger charge is -2.26. The van der Waals surface area contributed by atoms with Crippen molar-refractivity contribution >= 4 is 17.2 Å². The van der Waals surface area contributed by atoms with E-state index in [4.69, 9.17) is 0 Å². The number of fused-ring (bicyclic) bond motifs is 1. The molecule has 2 heterocycles. The fraction of sp³-hybridized carbons (Fsp3) is 0.353. The topological polar surface area (TPSA) is 41.1 Å². The van der Waals surface area contributed by atoms with E-state index in [0.717, 1.165) is 24.9 Å². The van der Waals surface area contributed by atoms with Crippen molar-refractivity contribution in [3.8, 4) is 0 Å². The van der Waals surface area contributed by atoms with Crippen LogP contribution in [0.25, 0.3) is 0 Å². The summed E-state index contributed by atoms with van der Waals surface area (Å²) in [7, 11) is 0. The molecule has 1 aromatic carbocycles. The average molecular weight is 300 g/mol. The smallest absolute Gasteiger partial charge is 0.242 e. The molecule has 0 radical (unpaired) electrons. The Hall–Kier alpha value is -1.65. The molecule has 4 heteroatoms. The van der Waals surface area contributed by atoms with Gasteiger partial charge in [-0.1, -0.05) is 31.2 Å². The normalized spacial score (nSPS) is 17.3. The quantitative estimate of drug-likeness (QED) is 0.911. The highest BCUT2D eigenvalue weighted by Gasteiger charge is 2.25. The van der Waals surface area contributed by atoms with Gasteiger partial charge in [0.2, 0.25) is 5.91 Å². The monoisotopic (exact) mass is 300 g/mol. The molecule has 1 unspecified atom stereocenters. The maximum atomic E-state index is 12.5. The fourth-order valence-corrected chi connectivity index (χ4v) is 3.76. The Balaban J connectivity index is 1.69. The molecule has 0 spiro atoms. The molecule has 0 fully saturated rings. The molecule has 3 nitrogen and oxygen atoms in total. The molecule has 1 aromatic heterocycles. The van der Waals surface area contributed by atoms with Gasteiger partial charge in [0.25, 0.3) is 0 Å². The lowest BCUT2D eigenvalue weighted by molar-refractivity contribution is -0.123. The first-order valence-corrected chi connectivity index (χ1v) is 8.31. The van der Waals surface area contributed by atoms with Crippen LogP contribution in [0.1, 0.15) is 34.5 Å². The number of hydrogen-bond acceptors (Lipinski definition) is 3. The molecule has 3 rings (SSSR count). The minimum Gasteiger partial charge on any atom is -0.350 e. The van der Waals surface area contributed by atoms with E-state index in [1.54, 1.807) is 11.3 Å². The summed E-state index contributed by atoms with van der Waals surface area (Å²) in [5, 5.41) is 8.50. The zero-order chi connectivity index (χ0) is 14.7. The number of aryl methyl sites for hydroxylation is 1. The summed E-state index contributed by atoms with van der Waals surface area (Å²) in [6, 6.07) is 10.1. The summed E-state index contributed by atoms with van der Waals surface area (Å²) in [5.41, 5.74) is 3.72. The molecule has 21 heavy (non-hydrogen) atoms. The number of benzene rings is 1. The van der Waals surface area contributed by atoms with E-state index in [0.29, 0.717) is 6.54 Å². The number of carbonyl (C=O) groups excluding carboxylic acids is 1. The molecular weight excluding hydrogens is 280 g/mol. The van der Waals surface area contributed by atoms with Crippen molar-refractivity contribution < 1.29 is 4.79 Å². The minimum absolute atomic E-state index is 0.0672. The second-order valence-electron chi connectivity index (χ2n) is 5.28. The third-order valence-electron chi connectivity index (χ3n) is 4.01. The Kier molecular flexibility index (Phi) is 4.36. The Bertz CT molecular complexity index is 635. The molecule has 1 aliphatic heterocycles. The standard InChI is InChI=1S/C17H20N2OS/c1-2-12-8-10-21-15(12)11-19-17(20)16-14-6-4-3-5-13(14)7-9-18-16/h3-6,8,10,16,18H,2,7,9,11H2,1H3,(H,19,20). The SMILES string of the molecule is CCc1ccsc1CNC(=O)C1NCCc2ccccc21. The number of carbonyl (C=O) groups is 1. The second kappa shape index (κ2) is 6.41. The Labute approximate surface area is 129 Å². The van der Waals surface area contributed by atoms with Gasteiger partial charge in [-0.2, -0.15) is 0 Å². The molecule has 110 valence electrons. The van der Waals surface area contributed by atoms with Crippen LogP contribution in [-0.2, 0) is 24.2 Å². The minimum atomic E-state index is -0.222. The van der Waals surface area contributed by atoms with E-state index in [1.165, 1.54) is 16.0 Å². The zero-order valence-electron chi connectivity index (χ0n) is 12.2. The first-order chi connectivity index (χ1) is 10.3. The van der Waals surface area contributed by atoms with Crippen molar-refractivity contribution in [3.05, 3.63) is 57.3 Å². The molecule has 1 aliphatic rings. The van der Waals surface area contributed by atoms with Crippen molar-refractivity contribution in [2.75, 3.05) is 6.54 Å². The lowest BCUT2D eigenvalue weighted by Crippen LogP contribution is -2.41. The predicted molar refractivity (Wildman–Crippen MR) is 86.4 cm³/mol. The van der Waals surface area contributed by atoms with Gasteiger partial charge in [-0.25, -0.2) is 0 Å². The Morgan fingerprint density at radius 2 is 2.24 bits per heavy atom. The lowest BCUT2D eigenvalue weighted by atomic mass is 9.94. The van der Waals surface area contributed by atoms with Crippen LogP contribution < -0.4 is 10.6 Å². The highest BCUT2D eigenvalue weighted by Crippen LogP contribution is 2.23. The molecule has 0 bridgehead atoms. The molecule has 0 saturated heterocycles. The Morgan fingerprint density at radius 1 is 1.38 bits per heavy atom. The van der Waals surface area contributed by atoms with E-state index < -0.39 is 0 Å². The van der Waals surface area contributed by atoms with E-state index >= 15 is 0 Å². The highest BCUT2D eigenvalue weighted by molar-refractivity contribution is 7.10. The highest BCUT2D eigenvalue weighted by atomic mass is 32.1. The summed E-state index contributed by atoms with van der Waals surface area (Å²) >= 11 is 1.71. The summed E-state index contributed by atoms with van der Waals surface area (Å²) in [6.45, 7) is 3.63. The van der Waals surface area contributed by atoms with Crippen LogP contribution in [0.15, 0.2) is 35.7 Å². The zero-order valence-corrected chi connectivity index (χ0v) is 13.0. The van der Waals surface area contributed by atoms with E-state index in [9.17, 15) is 4.79 Å². The van der Waals surface area contributed by atoms with Gasteiger partial charge in [-0.3, -0.25) is 4.79 Å². The number of thiophene rings is 1. The van der Waals surface area contributed by atoms with E-state index in [1.807, 2.05) is 18.2 Å². The van der Waals surface area contributed by atoms with Crippen LogP contribution in [0.2, 0.25) is 0 Å².